The monoisotopic (exact) mass is 468 g/mol. The molecule has 11 heteroatoms. The highest BCUT2D eigenvalue weighted by Gasteiger charge is 2.27. The predicted molar refractivity (Wildman–Crippen MR) is 134 cm³/mol. The fraction of sp³-hybridized carbons (Fsp3) is 0.250. The molecule has 1 atom stereocenters. The van der Waals surface area contributed by atoms with Gasteiger partial charge in [0.1, 0.15) is 19.4 Å². The van der Waals surface area contributed by atoms with Crippen molar-refractivity contribution in [3.8, 4) is 5.75 Å². The largest absolute Gasteiger partial charge is 0.412 e. The van der Waals surface area contributed by atoms with E-state index in [0.717, 1.165) is 29.9 Å². The summed E-state index contributed by atoms with van der Waals surface area (Å²) in [5.74, 6) is 6.54. The summed E-state index contributed by atoms with van der Waals surface area (Å²) in [6.07, 6.45) is 6.96. The van der Waals surface area contributed by atoms with Crippen LogP contribution in [0.4, 0.5) is 16.3 Å². The number of hydrogen-bond donors (Lipinski definition) is 3. The number of carbonyl (C=O) groups is 1. The maximum atomic E-state index is 12.9. The number of nitrogens with two attached hydrogens (primary N) is 1. The summed E-state index contributed by atoms with van der Waals surface area (Å²) in [6.45, 7) is 1.81. The Morgan fingerprint density at radius 2 is 2.09 bits per heavy atom. The molecule has 2 radical (unpaired) electrons. The fourth-order valence-corrected chi connectivity index (χ4v) is 4.25. The van der Waals surface area contributed by atoms with E-state index in [2.05, 4.69) is 25.6 Å². The molecule has 1 aliphatic rings. The number of aromatic nitrogens is 4. The number of fused-ring (bicyclic) bond motifs is 1. The standard InChI is InChI=1S/C24H25BN8O2/c25-20-14-29-33-22(28-13-16-3-1-9-27-12-16)11-21(31-23(20)33)17-4-2-10-32(15-17)24(34)30-18-5-7-19(35-26)8-6-18/h1,3,5-9,11-12,14,17,28H,2,4,10,13,15,26H2,(H,30,34). The lowest BCUT2D eigenvalue weighted by Gasteiger charge is -2.32. The van der Waals surface area contributed by atoms with Crippen LogP contribution in [0.25, 0.3) is 5.65 Å². The van der Waals surface area contributed by atoms with E-state index in [1.54, 1.807) is 41.2 Å². The molecule has 1 aliphatic heterocycles. The normalized spacial score (nSPS) is 15.7. The fourth-order valence-electron chi connectivity index (χ4n) is 4.25. The van der Waals surface area contributed by atoms with Gasteiger partial charge in [0.15, 0.2) is 5.65 Å². The Kier molecular flexibility index (Phi) is 6.49. The highest BCUT2D eigenvalue weighted by Crippen LogP contribution is 2.28. The zero-order valence-electron chi connectivity index (χ0n) is 19.1. The number of urea groups is 1. The van der Waals surface area contributed by atoms with Crippen molar-refractivity contribution in [3.63, 3.8) is 0 Å². The van der Waals surface area contributed by atoms with Crippen molar-refractivity contribution in [3.05, 3.63) is 72.3 Å². The van der Waals surface area contributed by atoms with E-state index >= 15 is 0 Å². The van der Waals surface area contributed by atoms with Gasteiger partial charge in [0.05, 0.1) is 5.69 Å². The predicted octanol–water partition coefficient (Wildman–Crippen LogP) is 2.19. The zero-order chi connectivity index (χ0) is 24.2. The lowest BCUT2D eigenvalue weighted by molar-refractivity contribution is 0.192. The van der Waals surface area contributed by atoms with Crippen molar-refractivity contribution in [1.82, 2.24) is 24.5 Å². The lowest BCUT2D eigenvalue weighted by Crippen LogP contribution is -2.41. The average Bonchev–Trinajstić information content (AvgIpc) is 3.29. The average molecular weight is 468 g/mol. The molecule has 1 unspecified atom stereocenters. The molecule has 4 aromatic rings. The van der Waals surface area contributed by atoms with Crippen LogP contribution in [0.2, 0.25) is 0 Å². The molecule has 1 fully saturated rings. The highest BCUT2D eigenvalue weighted by molar-refractivity contribution is 6.36. The van der Waals surface area contributed by atoms with Gasteiger partial charge in [-0.15, -0.1) is 0 Å². The molecule has 5 rings (SSSR count). The number of hydrogen-bond acceptors (Lipinski definition) is 7. The van der Waals surface area contributed by atoms with Crippen LogP contribution >= 0.6 is 0 Å². The van der Waals surface area contributed by atoms with Crippen molar-refractivity contribution in [1.29, 1.82) is 0 Å². The minimum absolute atomic E-state index is 0.0701. The molecule has 0 bridgehead atoms. The second-order valence-corrected chi connectivity index (χ2v) is 8.47. The lowest BCUT2D eigenvalue weighted by atomic mass is 9.94. The number of amides is 2. The first-order chi connectivity index (χ1) is 17.1. The van der Waals surface area contributed by atoms with Crippen molar-refractivity contribution in [2.75, 3.05) is 23.7 Å². The van der Waals surface area contributed by atoms with Crippen molar-refractivity contribution >= 4 is 36.5 Å². The summed E-state index contributed by atoms with van der Waals surface area (Å²) in [5, 5.41) is 10.7. The van der Waals surface area contributed by atoms with E-state index in [4.69, 9.17) is 18.7 Å². The van der Waals surface area contributed by atoms with Crippen molar-refractivity contribution < 1.29 is 9.63 Å². The summed E-state index contributed by atoms with van der Waals surface area (Å²) in [6, 6.07) is 12.6. The van der Waals surface area contributed by atoms with Gasteiger partial charge in [0.2, 0.25) is 0 Å². The minimum atomic E-state index is -0.156. The van der Waals surface area contributed by atoms with Gasteiger partial charge in [-0.05, 0) is 54.2 Å². The highest BCUT2D eigenvalue weighted by atomic mass is 16.6. The number of carbonyl (C=O) groups excluding carboxylic acids is 1. The Bertz CT molecular complexity index is 1310. The maximum absolute atomic E-state index is 12.9. The molecule has 0 aliphatic carbocycles. The van der Waals surface area contributed by atoms with Gasteiger partial charge in [-0.1, -0.05) is 6.07 Å². The van der Waals surface area contributed by atoms with Crippen LogP contribution in [0.15, 0.2) is 61.1 Å². The second kappa shape index (κ2) is 10.0. The van der Waals surface area contributed by atoms with Crippen LogP contribution in [-0.4, -0.2) is 51.4 Å². The molecular formula is C24H25BN8O2. The van der Waals surface area contributed by atoms with E-state index < -0.39 is 0 Å². The van der Waals surface area contributed by atoms with Crippen LogP contribution in [0.1, 0.15) is 30.0 Å². The molecular weight excluding hydrogens is 443 g/mol. The number of anilines is 2. The Labute approximate surface area is 203 Å². The molecule has 0 saturated carbocycles. The summed E-state index contributed by atoms with van der Waals surface area (Å²) in [7, 11) is 6.16. The Balaban J connectivity index is 1.34. The SMILES string of the molecule is [B]c1cnn2c(NCc3cccnc3)cc(C3CCCN(C(=O)Nc4ccc(ON)cc4)C3)nc12. The third-order valence-electron chi connectivity index (χ3n) is 6.08. The molecule has 176 valence electrons. The second-order valence-electron chi connectivity index (χ2n) is 8.47. The number of rotatable bonds is 6. The third kappa shape index (κ3) is 5.04. The molecule has 4 N–H and O–H groups in total. The van der Waals surface area contributed by atoms with Gasteiger partial charge in [0.25, 0.3) is 0 Å². The first kappa shape index (κ1) is 22.7. The van der Waals surface area contributed by atoms with Crippen molar-refractivity contribution in [2.45, 2.75) is 25.3 Å². The van der Waals surface area contributed by atoms with E-state index in [1.165, 1.54) is 0 Å². The summed E-state index contributed by atoms with van der Waals surface area (Å²) >= 11 is 0. The molecule has 0 spiro atoms. The summed E-state index contributed by atoms with van der Waals surface area (Å²) in [5.41, 5.74) is 3.70. The molecule has 3 aromatic heterocycles. The van der Waals surface area contributed by atoms with E-state index in [-0.39, 0.29) is 11.9 Å². The van der Waals surface area contributed by atoms with Gasteiger partial charge in [-0.25, -0.2) is 9.78 Å². The van der Waals surface area contributed by atoms with Crippen molar-refractivity contribution in [2.24, 2.45) is 5.90 Å². The molecule has 2 amide bonds. The van der Waals surface area contributed by atoms with E-state index in [1.807, 2.05) is 29.3 Å². The quantitative estimate of drug-likeness (QED) is 0.293. The number of nitrogens with one attached hydrogen (secondary N) is 2. The van der Waals surface area contributed by atoms with Gasteiger partial charge < -0.3 is 20.4 Å². The Morgan fingerprint density at radius 1 is 1.23 bits per heavy atom. The van der Waals surface area contributed by atoms with Crippen LogP contribution in [0.5, 0.6) is 5.75 Å². The van der Waals surface area contributed by atoms with E-state index in [0.29, 0.717) is 42.2 Å². The number of nitrogens with zero attached hydrogens (tertiary/aromatic N) is 5. The third-order valence-corrected chi connectivity index (χ3v) is 6.08. The van der Waals surface area contributed by atoms with Crippen LogP contribution in [0, 0.1) is 0 Å². The summed E-state index contributed by atoms with van der Waals surface area (Å²) in [4.78, 5) is 28.4. The number of piperidine rings is 1. The van der Waals surface area contributed by atoms with Crippen LogP contribution in [-0.2, 0) is 6.54 Å². The first-order valence-corrected chi connectivity index (χ1v) is 11.4. The van der Waals surface area contributed by atoms with Gasteiger partial charge >= 0.3 is 6.03 Å². The molecule has 4 heterocycles. The molecule has 1 saturated heterocycles. The molecule has 35 heavy (non-hydrogen) atoms. The summed E-state index contributed by atoms with van der Waals surface area (Å²) < 4.78 is 1.71. The zero-order valence-corrected chi connectivity index (χ0v) is 19.1. The van der Waals surface area contributed by atoms with E-state index in [9.17, 15) is 4.79 Å². The first-order valence-electron chi connectivity index (χ1n) is 11.4. The number of pyridine rings is 1. The van der Waals surface area contributed by atoms with Crippen LogP contribution in [0.3, 0.4) is 0 Å². The number of likely N-dealkylation sites (tertiary alicyclic amines) is 1. The smallest absolute Gasteiger partial charge is 0.321 e. The Hall–Kier alpha value is -4.12. The van der Waals surface area contributed by atoms with Gasteiger partial charge in [-0.2, -0.15) is 15.5 Å². The van der Waals surface area contributed by atoms with Crippen LogP contribution < -0.4 is 26.8 Å². The number of benzene rings is 1. The van der Waals surface area contributed by atoms with Gasteiger partial charge in [0, 0.05) is 55.9 Å². The molecule has 1 aromatic carbocycles. The van der Waals surface area contributed by atoms with Gasteiger partial charge in [-0.3, -0.25) is 4.98 Å². The maximum Gasteiger partial charge on any atom is 0.321 e. The minimum Gasteiger partial charge on any atom is -0.412 e. The Morgan fingerprint density at radius 3 is 2.86 bits per heavy atom. The molecule has 10 nitrogen and oxygen atoms in total. The topological polar surface area (TPSA) is 123 Å².